The molecule has 0 radical (unpaired) electrons. The molecule has 0 saturated heterocycles. The molecule has 10 nitrogen and oxygen atoms in total. The summed E-state index contributed by atoms with van der Waals surface area (Å²) in [6.45, 7) is 0.384. The van der Waals surface area contributed by atoms with Crippen molar-refractivity contribution in [2.75, 3.05) is 17.7 Å². The van der Waals surface area contributed by atoms with Gasteiger partial charge in [0.25, 0.3) is 5.91 Å². The fourth-order valence-corrected chi connectivity index (χ4v) is 4.23. The van der Waals surface area contributed by atoms with Crippen molar-refractivity contribution in [1.82, 2.24) is 10.3 Å². The van der Waals surface area contributed by atoms with Gasteiger partial charge in [0.2, 0.25) is 5.91 Å². The van der Waals surface area contributed by atoms with Gasteiger partial charge in [0.1, 0.15) is 0 Å². The minimum absolute atomic E-state index is 0.130. The predicted molar refractivity (Wildman–Crippen MR) is 143 cm³/mol. The summed E-state index contributed by atoms with van der Waals surface area (Å²) in [6, 6.07) is 19.0. The third kappa shape index (κ3) is 5.14. The summed E-state index contributed by atoms with van der Waals surface area (Å²) in [7, 11) is 1.38. The van der Waals surface area contributed by atoms with Gasteiger partial charge in [-0.2, -0.15) is 0 Å². The smallest absolute Gasteiger partial charge is 0.310 e. The van der Waals surface area contributed by atoms with Crippen molar-refractivity contribution < 1.29 is 19.2 Å². The number of carbonyl (C=O) groups excluding carboxylic acids is 2. The van der Waals surface area contributed by atoms with E-state index in [0.717, 1.165) is 16.7 Å². The fraction of sp³-hybridized carbons (Fsp3) is 0.107. The van der Waals surface area contributed by atoms with E-state index in [1.807, 2.05) is 18.2 Å². The van der Waals surface area contributed by atoms with Crippen molar-refractivity contribution in [3.05, 3.63) is 106 Å². The van der Waals surface area contributed by atoms with E-state index in [2.05, 4.69) is 20.9 Å². The molecule has 0 spiro atoms. The zero-order valence-electron chi connectivity index (χ0n) is 20.4. The van der Waals surface area contributed by atoms with Crippen molar-refractivity contribution in [1.29, 1.82) is 0 Å². The molecular formula is C28H23N5O5. The number of pyridine rings is 1. The fourth-order valence-electron chi connectivity index (χ4n) is 4.23. The van der Waals surface area contributed by atoms with E-state index in [1.54, 1.807) is 54.9 Å². The largest absolute Gasteiger partial charge is 0.490 e. The maximum atomic E-state index is 12.9. The minimum atomic E-state index is -0.501. The summed E-state index contributed by atoms with van der Waals surface area (Å²) in [5, 5.41) is 20.3. The maximum Gasteiger partial charge on any atom is 0.310 e. The highest BCUT2D eigenvalue weighted by Crippen LogP contribution is 2.37. The number of nitro groups is 1. The Morgan fingerprint density at radius 2 is 1.79 bits per heavy atom. The number of carbonyl (C=O) groups is 2. The molecule has 0 saturated carbocycles. The second kappa shape index (κ2) is 10.4. The van der Waals surface area contributed by atoms with Crippen molar-refractivity contribution in [3.8, 4) is 16.9 Å². The summed E-state index contributed by atoms with van der Waals surface area (Å²) >= 11 is 0. The number of nitro benzene ring substituents is 1. The number of methoxy groups -OCH3 is 1. The standard InChI is InChI=1S/C28H23N5O5/c1-38-26-14-20(6-9-25(26)33(36)37)19-5-7-21-23(13-19)31-24-11-17(4-8-22(24)32-28(21)35)12-27(34)30-16-18-3-2-10-29-15-18/h2-11,13-15,31H,12,16H2,1H3,(H,30,34)(H,32,35). The zero-order chi connectivity index (χ0) is 26.6. The molecule has 2 amide bonds. The van der Waals surface area contributed by atoms with Crippen LogP contribution in [-0.4, -0.2) is 28.8 Å². The lowest BCUT2D eigenvalue weighted by Gasteiger charge is -2.12. The molecule has 1 aliphatic heterocycles. The Morgan fingerprint density at radius 3 is 2.55 bits per heavy atom. The van der Waals surface area contributed by atoms with Gasteiger partial charge in [-0.3, -0.25) is 24.7 Å². The molecule has 10 heteroatoms. The Bertz CT molecular complexity index is 1560. The number of ether oxygens (including phenoxy) is 1. The molecule has 0 bridgehead atoms. The minimum Gasteiger partial charge on any atom is -0.490 e. The van der Waals surface area contributed by atoms with Gasteiger partial charge < -0.3 is 20.7 Å². The van der Waals surface area contributed by atoms with Crippen LogP contribution in [0.25, 0.3) is 11.1 Å². The highest BCUT2D eigenvalue weighted by molar-refractivity contribution is 6.12. The molecule has 0 unspecified atom stereocenters. The van der Waals surface area contributed by atoms with E-state index in [0.29, 0.717) is 34.7 Å². The van der Waals surface area contributed by atoms with Crippen LogP contribution in [0, 0.1) is 10.1 Å². The quantitative estimate of drug-likeness (QED) is 0.240. The monoisotopic (exact) mass is 509 g/mol. The van der Waals surface area contributed by atoms with Crippen molar-refractivity contribution in [2.45, 2.75) is 13.0 Å². The summed E-state index contributed by atoms with van der Waals surface area (Å²) in [5.41, 5.74) is 5.22. The van der Waals surface area contributed by atoms with Crippen molar-refractivity contribution in [3.63, 3.8) is 0 Å². The Balaban J connectivity index is 1.38. The van der Waals surface area contributed by atoms with E-state index in [9.17, 15) is 19.7 Å². The first kappa shape index (κ1) is 24.4. The first-order valence-corrected chi connectivity index (χ1v) is 11.7. The predicted octanol–water partition coefficient (Wildman–Crippen LogP) is 4.83. The molecule has 190 valence electrons. The van der Waals surface area contributed by atoms with Crippen LogP contribution in [0.5, 0.6) is 5.75 Å². The number of nitrogens with zero attached hydrogens (tertiary/aromatic N) is 2. The molecule has 38 heavy (non-hydrogen) atoms. The number of benzene rings is 3. The van der Waals surface area contributed by atoms with Crippen LogP contribution in [0.4, 0.5) is 22.7 Å². The molecule has 3 N–H and O–H groups in total. The van der Waals surface area contributed by atoms with Crippen LogP contribution < -0.4 is 20.7 Å². The van der Waals surface area contributed by atoms with Crippen LogP contribution in [0.15, 0.2) is 79.1 Å². The number of anilines is 3. The zero-order valence-corrected chi connectivity index (χ0v) is 20.4. The van der Waals surface area contributed by atoms with E-state index < -0.39 is 4.92 Å². The first-order valence-electron chi connectivity index (χ1n) is 11.7. The molecule has 2 heterocycles. The third-order valence-corrected chi connectivity index (χ3v) is 6.15. The molecule has 0 fully saturated rings. The lowest BCUT2D eigenvalue weighted by molar-refractivity contribution is -0.385. The number of hydrogen-bond acceptors (Lipinski definition) is 7. The number of hydrogen-bond donors (Lipinski definition) is 3. The summed E-state index contributed by atoms with van der Waals surface area (Å²) in [4.78, 5) is 40.2. The van der Waals surface area contributed by atoms with Gasteiger partial charge in [-0.25, -0.2) is 0 Å². The lowest BCUT2D eigenvalue weighted by atomic mass is 10.0. The highest BCUT2D eigenvalue weighted by atomic mass is 16.6. The normalized spacial score (nSPS) is 11.8. The topological polar surface area (TPSA) is 135 Å². The van der Waals surface area contributed by atoms with Gasteiger partial charge in [0.15, 0.2) is 5.75 Å². The summed E-state index contributed by atoms with van der Waals surface area (Å²) in [6.07, 6.45) is 3.54. The number of rotatable bonds is 7. The van der Waals surface area contributed by atoms with E-state index in [4.69, 9.17) is 4.74 Å². The van der Waals surface area contributed by atoms with E-state index in [-0.39, 0.29) is 29.7 Å². The van der Waals surface area contributed by atoms with Crippen LogP contribution in [0.1, 0.15) is 21.5 Å². The van der Waals surface area contributed by atoms with Gasteiger partial charge in [-0.15, -0.1) is 0 Å². The van der Waals surface area contributed by atoms with Gasteiger partial charge in [0, 0.05) is 25.0 Å². The second-order valence-corrected chi connectivity index (χ2v) is 8.68. The molecule has 1 aromatic heterocycles. The molecule has 0 atom stereocenters. The van der Waals surface area contributed by atoms with Gasteiger partial charge in [0.05, 0.1) is 41.1 Å². The summed E-state index contributed by atoms with van der Waals surface area (Å²) in [5.74, 6) is -0.271. The molecule has 4 aromatic rings. The van der Waals surface area contributed by atoms with Crippen molar-refractivity contribution >= 4 is 34.6 Å². The number of amides is 2. The Morgan fingerprint density at radius 1 is 0.974 bits per heavy atom. The van der Waals surface area contributed by atoms with Crippen LogP contribution >= 0.6 is 0 Å². The third-order valence-electron chi connectivity index (χ3n) is 6.15. The SMILES string of the molecule is COc1cc(-c2ccc3c(c2)Nc2cc(CC(=O)NCc4cccnc4)ccc2NC3=O)ccc1[N+](=O)[O-]. The number of aromatic nitrogens is 1. The molecule has 5 rings (SSSR count). The Hall–Kier alpha value is -5.25. The lowest BCUT2D eigenvalue weighted by Crippen LogP contribution is -2.24. The molecule has 3 aromatic carbocycles. The average molecular weight is 510 g/mol. The Labute approximate surface area is 217 Å². The van der Waals surface area contributed by atoms with E-state index in [1.165, 1.54) is 13.2 Å². The first-order chi connectivity index (χ1) is 18.4. The van der Waals surface area contributed by atoms with Crippen LogP contribution in [-0.2, 0) is 17.8 Å². The molecular weight excluding hydrogens is 486 g/mol. The summed E-state index contributed by atoms with van der Waals surface area (Å²) < 4.78 is 5.20. The van der Waals surface area contributed by atoms with Gasteiger partial charge in [-0.1, -0.05) is 18.2 Å². The highest BCUT2D eigenvalue weighted by Gasteiger charge is 2.21. The van der Waals surface area contributed by atoms with Gasteiger partial charge >= 0.3 is 5.69 Å². The van der Waals surface area contributed by atoms with Crippen molar-refractivity contribution in [2.24, 2.45) is 0 Å². The molecule has 1 aliphatic rings. The average Bonchev–Trinajstić information content (AvgIpc) is 3.06. The van der Waals surface area contributed by atoms with E-state index >= 15 is 0 Å². The van der Waals surface area contributed by atoms with Gasteiger partial charge in [-0.05, 0) is 64.7 Å². The number of nitrogens with one attached hydrogen (secondary N) is 3. The Kier molecular flexibility index (Phi) is 6.68. The van der Waals surface area contributed by atoms with Crippen LogP contribution in [0.3, 0.4) is 0 Å². The maximum absolute atomic E-state index is 12.9. The number of fused-ring (bicyclic) bond motifs is 2. The van der Waals surface area contributed by atoms with Crippen LogP contribution in [0.2, 0.25) is 0 Å². The molecule has 0 aliphatic carbocycles. The second-order valence-electron chi connectivity index (χ2n) is 8.68.